The number of nitrogen functional groups attached to an aromatic ring is 7. The first kappa shape index (κ1) is 57.5. The van der Waals surface area contributed by atoms with Gasteiger partial charge >= 0.3 is 0 Å². The maximum Gasteiger partial charge on any atom is 0.264 e. The molecule has 14 aliphatic heterocycles. The minimum Gasteiger partial charge on any atom is -0.398 e. The number of carbonyl (C=O) groups is 28. The quantitative estimate of drug-likeness (QED) is 0.0690. The van der Waals surface area contributed by atoms with Gasteiger partial charge in [0.15, 0.2) is 0 Å². The molecule has 0 aromatic heterocycles. The van der Waals surface area contributed by atoms with Crippen LogP contribution in [0.25, 0.3) is 0 Å². The third-order valence-electron chi connectivity index (χ3n) is 22.1. The van der Waals surface area contributed by atoms with E-state index in [4.69, 9.17) is 100 Å². The molecule has 0 spiro atoms. The van der Waals surface area contributed by atoms with E-state index in [1.165, 1.54) is 64.7 Å². The standard InChI is InChI=1S/4C14H13N3O4.3C13H11N3O4/c4*1-14(6-5-9(18)16-13(14)21)17-11(19)7-3-2-4-8(15)10(7)12(17)20;3*14-7-3-1-2-6-10(7)13(20)16(12(6)19)8-4-5-9(17)15-11(8)18/h4*2-4H,5-6,15H2,1H3,(H,16,18,21);3*1-3,8H,4-5,14H2,(H,15,17,18)/t3*14-;;2*8-;/m100.10./s1/i2*1D3,2D,3D,4D,5D2,6D2;;;3*1D,2D,3D,4D2,5D2,8D. The van der Waals surface area contributed by atoms with Gasteiger partial charge in [0.25, 0.3) is 106 Å². The average molecular weight is 2010 g/mol. The van der Waals surface area contributed by atoms with Gasteiger partial charge in [0, 0.05) is 120 Å². The molecule has 7 atom stereocenters. The smallest absolute Gasteiger partial charge is 0.264 e. The molecule has 21 rings (SSSR count). The first-order chi connectivity index (χ1) is 85.4. The lowest BCUT2D eigenvalue weighted by Crippen LogP contribution is -2.62. The zero-order chi connectivity index (χ0) is 144. The molecule has 14 aliphatic rings. The van der Waals surface area contributed by atoms with Crippen LogP contribution < -0.4 is 77.4 Å². The number of nitrogens with one attached hydrogen (secondary N) is 7. The third-order valence-corrected chi connectivity index (χ3v) is 22.1. The monoisotopic (exact) mass is 2010 g/mol. The second-order valence-corrected chi connectivity index (χ2v) is 30.8. The maximum atomic E-state index is 13.1. The van der Waals surface area contributed by atoms with Crippen molar-refractivity contribution < 1.29 is 195 Å². The van der Waals surface area contributed by atoms with Crippen molar-refractivity contribution in [3.8, 4) is 0 Å². The van der Waals surface area contributed by atoms with Gasteiger partial charge in [-0.15, -0.1) is 0 Å². The van der Waals surface area contributed by atoms with Gasteiger partial charge in [-0.1, -0.05) is 42.3 Å². The molecule has 738 valence electrons. The molecule has 49 heteroatoms. The lowest BCUT2D eigenvalue weighted by Gasteiger charge is -2.38. The van der Waals surface area contributed by atoms with E-state index >= 15 is 0 Å². The summed E-state index contributed by atoms with van der Waals surface area (Å²) in [5, 5.41) is 11.4. The fourth-order valence-electron chi connectivity index (χ4n) is 15.1. The number of benzene rings is 7. The first-order valence-electron chi connectivity index (χ1n) is 61.8. The number of anilines is 7. The Morgan fingerprint density at radius 3 is 0.771 bits per heavy atom. The Kier molecular flexibility index (Phi) is 14.9. The molecule has 7 aromatic carbocycles. The van der Waals surface area contributed by atoms with E-state index in [0.717, 1.165) is 9.80 Å². The Morgan fingerprint density at radius 2 is 0.507 bits per heavy atom. The zero-order valence-electron chi connectivity index (χ0n) is 116. The molecular weight excluding hydrogens is 1880 g/mol. The minimum absolute atomic E-state index is 0.0745. The van der Waals surface area contributed by atoms with Crippen LogP contribution in [-0.2, 0) is 67.1 Å². The van der Waals surface area contributed by atoms with Crippen molar-refractivity contribution in [2.75, 3.05) is 40.1 Å². The summed E-state index contributed by atoms with van der Waals surface area (Å²) < 4.78 is 344. The van der Waals surface area contributed by atoms with Crippen LogP contribution >= 0.6 is 0 Å². The van der Waals surface area contributed by atoms with Gasteiger partial charge in [-0.05, 0) is 157 Å². The Balaban J connectivity index is 0.000000159. The van der Waals surface area contributed by atoms with Crippen LogP contribution in [0.3, 0.4) is 0 Å². The van der Waals surface area contributed by atoms with Crippen LogP contribution in [0.5, 0.6) is 0 Å². The highest BCUT2D eigenvalue weighted by Gasteiger charge is 2.59. The van der Waals surface area contributed by atoms with Gasteiger partial charge < -0.3 is 40.1 Å². The number of rotatable bonds is 7. The summed E-state index contributed by atoms with van der Waals surface area (Å²) in [6, 6.07) is -14.3. The van der Waals surface area contributed by atoms with Crippen molar-refractivity contribution >= 4 is 205 Å². The fraction of sp³-hybridized carbons (Fsp3) is 0.263. The summed E-state index contributed by atoms with van der Waals surface area (Å²) in [6.07, 6.45) is -36.5. The van der Waals surface area contributed by atoms with Crippen molar-refractivity contribution in [3.05, 3.63) is 205 Å². The number of hydrogen-bond acceptors (Lipinski definition) is 35. The molecule has 49 nitrogen and oxygen atoms in total. The average Bonchev–Trinajstić information content (AvgIpc) is 1.44. The number of fused-ring (bicyclic) bond motifs is 7. The van der Waals surface area contributed by atoms with Crippen molar-refractivity contribution in [2.45, 2.75) is 157 Å². The first-order valence-corrected chi connectivity index (χ1v) is 39.8. The molecule has 0 aliphatic carbocycles. The van der Waals surface area contributed by atoms with Crippen molar-refractivity contribution in [1.29, 1.82) is 0 Å². The van der Waals surface area contributed by atoms with Crippen LogP contribution in [0.4, 0.5) is 39.8 Å². The van der Waals surface area contributed by atoms with E-state index in [9.17, 15) is 134 Å². The van der Waals surface area contributed by atoms with E-state index in [1.54, 1.807) is 12.1 Å². The summed E-state index contributed by atoms with van der Waals surface area (Å²) >= 11 is 0. The highest BCUT2D eigenvalue weighted by molar-refractivity contribution is 6.32. The van der Waals surface area contributed by atoms with E-state index in [0.29, 0.717) is 0 Å². The van der Waals surface area contributed by atoms with Crippen molar-refractivity contribution in [1.82, 2.24) is 71.5 Å². The molecule has 21 N–H and O–H groups in total. The summed E-state index contributed by atoms with van der Waals surface area (Å²) in [7, 11) is 0. The van der Waals surface area contributed by atoms with E-state index in [2.05, 4.69) is 10.6 Å². The van der Waals surface area contributed by atoms with Crippen molar-refractivity contribution in [3.63, 3.8) is 0 Å². The lowest BCUT2D eigenvalue weighted by molar-refractivity contribution is -0.142. The summed E-state index contributed by atoms with van der Waals surface area (Å²) in [5.74, 6) is -38.3. The largest absolute Gasteiger partial charge is 0.398 e. The molecule has 0 radical (unpaired) electrons. The van der Waals surface area contributed by atoms with E-state index in [1.807, 2.05) is 0 Å². The molecule has 14 heterocycles. The Bertz CT molecular complexity index is 8740. The molecule has 7 aromatic rings. The zero-order valence-corrected chi connectivity index (χ0v) is 71.9. The number of piperidine rings is 7. The van der Waals surface area contributed by atoms with E-state index in [-0.39, 0.29) is 83.8 Å². The molecule has 7 saturated heterocycles. The summed E-state index contributed by atoms with van der Waals surface area (Å²) in [4.78, 5) is 348. The molecular formula is C95H85N21O28. The minimum atomic E-state index is -3.97. The molecule has 28 amide bonds. The Labute approximate surface area is 872 Å². The van der Waals surface area contributed by atoms with Crippen LogP contribution in [0.15, 0.2) is 127 Å². The van der Waals surface area contributed by atoms with Crippen molar-refractivity contribution in [2.24, 2.45) is 0 Å². The van der Waals surface area contributed by atoms with Crippen LogP contribution in [0.1, 0.15) is 322 Å². The maximum absolute atomic E-state index is 13.1. The second kappa shape index (κ2) is 37.4. The van der Waals surface area contributed by atoms with E-state index < -0.39 is 458 Å². The lowest BCUT2D eigenvalue weighted by atomic mass is 9.89. The molecule has 144 heavy (non-hydrogen) atoms. The molecule has 2 unspecified atom stereocenters. The number of carbonyl (C=O) groups excluding carboxylic acids is 28. The van der Waals surface area contributed by atoms with Gasteiger partial charge in [-0.3, -0.25) is 206 Å². The predicted molar refractivity (Wildman–Crippen MR) is 491 cm³/mol. The predicted octanol–water partition coefficient (Wildman–Crippen LogP) is -0.750. The number of amides is 28. The summed E-state index contributed by atoms with van der Waals surface area (Å²) in [5.41, 5.74) is 18.1. The van der Waals surface area contributed by atoms with Gasteiger partial charge in [0.05, 0.1) is 103 Å². The van der Waals surface area contributed by atoms with Gasteiger partial charge in [0.1, 0.15) is 40.2 Å². The molecule has 7 fully saturated rings. The normalized spacial score (nSPS) is 33.4. The topological polar surface area (TPSA) is 767 Å². The van der Waals surface area contributed by atoms with Gasteiger partial charge in [0.2, 0.25) is 59.1 Å². The second-order valence-electron chi connectivity index (χ2n) is 30.8. The summed E-state index contributed by atoms with van der Waals surface area (Å²) in [6.45, 7) is -4.86. The van der Waals surface area contributed by atoms with Gasteiger partial charge in [-0.25, -0.2) is 0 Å². The van der Waals surface area contributed by atoms with Crippen LogP contribution in [0, 0.1) is 0 Å². The number of nitrogens with two attached hydrogens (primary N) is 7. The highest BCUT2D eigenvalue weighted by atomic mass is 16.2. The van der Waals surface area contributed by atoms with Crippen LogP contribution in [-0.4, -0.2) is 240 Å². The fourth-order valence-corrected chi connectivity index (χ4v) is 15.1. The third kappa shape index (κ3) is 16.8. The Hall–Kier alpha value is -18.9. The number of imide groups is 14. The number of hydrogen-bond donors (Lipinski definition) is 14. The highest BCUT2D eigenvalue weighted by Crippen LogP contribution is 2.43. The molecule has 0 bridgehead atoms. The SMILES string of the molecule is CC1(N2C(=O)c3cccc(N)c3C2=O)CCC(=O)NC1=O.C[C@]1(N2C(=O)c3cccc(N)c3C2=O)CCC(=O)NC1=O.[2H]c1c([2H])c(N)c2c(c1[2H])C(=O)N(C1([2H])C(=O)NC(=O)C([2H])([2H])C1([2H])[2H])C2=O.[2H]c1c([2H])c(N)c2c(c1[2H])C(=O)N([C@@]1(C([2H])([2H])[2H])C(=O)NC(=O)C([2H])([2H])C1([2H])[2H])C2=O.[2H]c1c([2H])c(N)c2c(c1[2H])C(=O)N([C@@]1([2H])C(=O)NC(=O)C([2H])([2H])C1([2H])[2H])C2=O.[2H]c1c([2H])c(N)c2c(c1[2H])C(=O)N([C@]1(C([2H])([2H])[2H])C(=O)NC(=O)C([2H])([2H])C1([2H])[2H])C2=O.[2H]c1c([2H])c(N)c2c(c1[2H])C(=O)N([C@]1([2H])C(=O)NC(=O)C([2H])([2H])C1([2H])[2H])C2=O. The number of nitrogens with zero attached hydrogens (tertiary/aromatic N) is 7. The Morgan fingerprint density at radius 1 is 0.278 bits per heavy atom. The van der Waals surface area contributed by atoms with Gasteiger partial charge in [-0.2, -0.15) is 0 Å². The van der Waals surface area contributed by atoms with Crippen LogP contribution in [0.2, 0.25) is 0 Å². The molecule has 0 saturated carbocycles.